The molecular weight excluding hydrogens is 187 g/mol. The quantitative estimate of drug-likeness (QED) is 0.687. The van der Waals surface area contributed by atoms with Crippen LogP contribution in [0.3, 0.4) is 0 Å². The lowest BCUT2D eigenvalue weighted by molar-refractivity contribution is 0.615. The Labute approximate surface area is 89.7 Å². The van der Waals surface area contributed by atoms with E-state index in [1.807, 2.05) is 25.1 Å². The molecule has 15 heavy (non-hydrogen) atoms. The number of aryl methyl sites for hydroxylation is 2. The Morgan fingerprint density at radius 2 is 1.80 bits per heavy atom. The summed E-state index contributed by atoms with van der Waals surface area (Å²) < 4.78 is 13.6. The van der Waals surface area contributed by atoms with E-state index < -0.39 is 0 Å². The third-order valence-electron chi connectivity index (χ3n) is 2.92. The van der Waals surface area contributed by atoms with Gasteiger partial charge in [0.25, 0.3) is 0 Å². The largest absolute Gasteiger partial charge is 0.207 e. The molecule has 0 aliphatic heterocycles. The van der Waals surface area contributed by atoms with Gasteiger partial charge in [0, 0.05) is 0 Å². The van der Waals surface area contributed by atoms with E-state index in [9.17, 15) is 4.39 Å². The van der Waals surface area contributed by atoms with Crippen molar-refractivity contribution in [3.05, 3.63) is 47.3 Å². The van der Waals surface area contributed by atoms with Gasteiger partial charge in [-0.25, -0.2) is 4.39 Å². The van der Waals surface area contributed by atoms with Gasteiger partial charge < -0.3 is 0 Å². The number of rotatable bonds is 2. The van der Waals surface area contributed by atoms with Crippen LogP contribution in [0.5, 0.6) is 0 Å². The zero-order valence-corrected chi connectivity index (χ0v) is 9.18. The molecule has 2 aromatic rings. The van der Waals surface area contributed by atoms with Crippen molar-refractivity contribution in [1.82, 2.24) is 0 Å². The molecule has 0 saturated carbocycles. The molecule has 0 saturated heterocycles. The number of benzene rings is 2. The summed E-state index contributed by atoms with van der Waals surface area (Å²) in [6.07, 6.45) is 1.70. The highest BCUT2D eigenvalue weighted by Crippen LogP contribution is 2.26. The fourth-order valence-electron chi connectivity index (χ4n) is 2.15. The van der Waals surface area contributed by atoms with Gasteiger partial charge in [0.2, 0.25) is 0 Å². The first-order chi connectivity index (χ1) is 7.27. The van der Waals surface area contributed by atoms with Crippen LogP contribution in [0.15, 0.2) is 30.3 Å². The van der Waals surface area contributed by atoms with Crippen molar-refractivity contribution in [2.24, 2.45) is 0 Å². The average Bonchev–Trinajstić information content (AvgIpc) is 2.28. The number of halogens is 1. The van der Waals surface area contributed by atoms with E-state index in [2.05, 4.69) is 13.0 Å². The molecular formula is C14H15F. The number of hydrogen-bond donors (Lipinski definition) is 0. The minimum Gasteiger partial charge on any atom is -0.207 e. The molecule has 2 aromatic carbocycles. The lowest BCUT2D eigenvalue weighted by Crippen LogP contribution is -1.93. The second-order valence-corrected chi connectivity index (χ2v) is 3.75. The van der Waals surface area contributed by atoms with Crippen LogP contribution in [0.1, 0.15) is 25.0 Å². The Hall–Kier alpha value is -1.37. The first-order valence-corrected chi connectivity index (χ1v) is 5.47. The fourth-order valence-corrected chi connectivity index (χ4v) is 2.15. The van der Waals surface area contributed by atoms with Crippen LogP contribution in [0, 0.1) is 5.82 Å². The molecule has 0 fully saturated rings. The zero-order valence-electron chi connectivity index (χ0n) is 9.18. The summed E-state index contributed by atoms with van der Waals surface area (Å²) in [4.78, 5) is 0. The summed E-state index contributed by atoms with van der Waals surface area (Å²) in [6, 6.07) is 9.61. The Bertz CT molecular complexity index is 486. The Kier molecular flexibility index (Phi) is 2.72. The highest BCUT2D eigenvalue weighted by atomic mass is 19.1. The molecule has 0 bridgehead atoms. The maximum Gasteiger partial charge on any atom is 0.127 e. The predicted molar refractivity (Wildman–Crippen MR) is 62.7 cm³/mol. The smallest absolute Gasteiger partial charge is 0.127 e. The van der Waals surface area contributed by atoms with Crippen LogP contribution in [-0.2, 0) is 12.8 Å². The van der Waals surface area contributed by atoms with E-state index >= 15 is 0 Å². The standard InChI is InChI=1S/C14H15F/c1-3-10-6-5-7-11-8-9-13(15)12(4-2)14(10)11/h5-9H,3-4H2,1-2H3. The molecule has 0 amide bonds. The van der Waals surface area contributed by atoms with Gasteiger partial charge in [-0.15, -0.1) is 0 Å². The molecule has 78 valence electrons. The van der Waals surface area contributed by atoms with Gasteiger partial charge in [-0.3, -0.25) is 0 Å². The van der Waals surface area contributed by atoms with Gasteiger partial charge in [-0.05, 0) is 40.8 Å². The first kappa shape index (κ1) is 10.2. The van der Waals surface area contributed by atoms with Crippen molar-refractivity contribution in [2.75, 3.05) is 0 Å². The topological polar surface area (TPSA) is 0 Å². The summed E-state index contributed by atoms with van der Waals surface area (Å²) in [7, 11) is 0. The van der Waals surface area contributed by atoms with Gasteiger partial charge in [0.05, 0.1) is 0 Å². The molecule has 2 rings (SSSR count). The highest BCUT2D eigenvalue weighted by Gasteiger charge is 2.08. The molecule has 0 heterocycles. The summed E-state index contributed by atoms with van der Waals surface area (Å²) in [5.41, 5.74) is 2.09. The third-order valence-corrected chi connectivity index (χ3v) is 2.92. The molecule has 0 unspecified atom stereocenters. The average molecular weight is 202 g/mol. The van der Waals surface area contributed by atoms with E-state index in [-0.39, 0.29) is 5.82 Å². The van der Waals surface area contributed by atoms with Crippen molar-refractivity contribution in [2.45, 2.75) is 26.7 Å². The van der Waals surface area contributed by atoms with E-state index in [1.54, 1.807) is 6.07 Å². The second kappa shape index (κ2) is 4.01. The summed E-state index contributed by atoms with van der Waals surface area (Å²) in [5, 5.41) is 2.26. The van der Waals surface area contributed by atoms with E-state index in [1.165, 1.54) is 5.56 Å². The van der Waals surface area contributed by atoms with E-state index in [0.29, 0.717) is 0 Å². The van der Waals surface area contributed by atoms with E-state index in [0.717, 1.165) is 29.2 Å². The molecule has 0 radical (unpaired) electrons. The fraction of sp³-hybridized carbons (Fsp3) is 0.286. The summed E-state index contributed by atoms with van der Waals surface area (Å²) in [5.74, 6) is -0.0779. The maximum absolute atomic E-state index is 13.6. The molecule has 0 aromatic heterocycles. The normalized spacial score (nSPS) is 10.9. The zero-order chi connectivity index (χ0) is 10.8. The Morgan fingerprint density at radius 1 is 1.00 bits per heavy atom. The minimum absolute atomic E-state index is 0.0779. The van der Waals surface area contributed by atoms with Crippen LogP contribution in [0.25, 0.3) is 10.8 Å². The van der Waals surface area contributed by atoms with Gasteiger partial charge >= 0.3 is 0 Å². The van der Waals surface area contributed by atoms with Crippen LogP contribution in [0.2, 0.25) is 0 Å². The Balaban J connectivity index is 2.87. The molecule has 0 aliphatic carbocycles. The van der Waals surface area contributed by atoms with Crippen molar-refractivity contribution in [1.29, 1.82) is 0 Å². The van der Waals surface area contributed by atoms with Gasteiger partial charge in [0.1, 0.15) is 5.82 Å². The SMILES string of the molecule is CCc1cccc2ccc(F)c(CC)c12. The van der Waals surface area contributed by atoms with Crippen LogP contribution in [-0.4, -0.2) is 0 Å². The molecule has 0 aliphatic rings. The summed E-state index contributed by atoms with van der Waals surface area (Å²) in [6.45, 7) is 4.11. The lowest BCUT2D eigenvalue weighted by atomic mass is 9.96. The maximum atomic E-state index is 13.6. The summed E-state index contributed by atoms with van der Waals surface area (Å²) >= 11 is 0. The molecule has 0 nitrogen and oxygen atoms in total. The predicted octanol–water partition coefficient (Wildman–Crippen LogP) is 4.10. The monoisotopic (exact) mass is 202 g/mol. The Morgan fingerprint density at radius 3 is 2.47 bits per heavy atom. The van der Waals surface area contributed by atoms with Crippen molar-refractivity contribution < 1.29 is 4.39 Å². The van der Waals surface area contributed by atoms with Crippen molar-refractivity contribution in [3.63, 3.8) is 0 Å². The van der Waals surface area contributed by atoms with Crippen LogP contribution < -0.4 is 0 Å². The van der Waals surface area contributed by atoms with Gasteiger partial charge in [-0.2, -0.15) is 0 Å². The molecule has 0 N–H and O–H groups in total. The van der Waals surface area contributed by atoms with Gasteiger partial charge in [-0.1, -0.05) is 38.1 Å². The third kappa shape index (κ3) is 1.63. The molecule has 1 heteroatoms. The molecule has 0 atom stereocenters. The number of fused-ring (bicyclic) bond motifs is 1. The second-order valence-electron chi connectivity index (χ2n) is 3.75. The number of hydrogen-bond acceptors (Lipinski definition) is 0. The first-order valence-electron chi connectivity index (χ1n) is 5.47. The van der Waals surface area contributed by atoms with Crippen molar-refractivity contribution >= 4 is 10.8 Å². The van der Waals surface area contributed by atoms with Crippen LogP contribution in [0.4, 0.5) is 4.39 Å². The minimum atomic E-state index is -0.0779. The van der Waals surface area contributed by atoms with E-state index in [4.69, 9.17) is 0 Å². The van der Waals surface area contributed by atoms with Crippen LogP contribution >= 0.6 is 0 Å². The molecule has 0 spiro atoms. The van der Waals surface area contributed by atoms with Gasteiger partial charge in [0.15, 0.2) is 0 Å². The lowest BCUT2D eigenvalue weighted by Gasteiger charge is -2.10. The highest BCUT2D eigenvalue weighted by molar-refractivity contribution is 5.89. The van der Waals surface area contributed by atoms with Crippen molar-refractivity contribution in [3.8, 4) is 0 Å².